The summed E-state index contributed by atoms with van der Waals surface area (Å²) in [5.74, 6) is 0.837. The second-order valence-corrected chi connectivity index (χ2v) is 10.5. The van der Waals surface area contributed by atoms with Gasteiger partial charge in [-0.25, -0.2) is 8.42 Å². The first-order valence-corrected chi connectivity index (χ1v) is 13.3. The molecule has 3 aromatic carbocycles. The number of anilines is 1. The number of nitrogens with one attached hydrogen (secondary N) is 1. The van der Waals surface area contributed by atoms with Crippen LogP contribution in [0.1, 0.15) is 24.8 Å². The van der Waals surface area contributed by atoms with Crippen LogP contribution in [0, 0.1) is 0 Å². The van der Waals surface area contributed by atoms with Gasteiger partial charge >= 0.3 is 0 Å². The third kappa shape index (κ3) is 4.19. The van der Waals surface area contributed by atoms with Crippen molar-refractivity contribution < 1.29 is 12.8 Å². The second-order valence-electron chi connectivity index (χ2n) is 8.30. The topological polar surface area (TPSA) is 90.0 Å². The molecule has 5 aromatic rings. The van der Waals surface area contributed by atoms with E-state index in [-0.39, 0.29) is 0 Å². The van der Waals surface area contributed by atoms with Crippen molar-refractivity contribution in [1.82, 2.24) is 14.8 Å². The Morgan fingerprint density at radius 1 is 0.971 bits per heavy atom. The highest BCUT2D eigenvalue weighted by atomic mass is 35.5. The molecule has 0 fully saturated rings. The van der Waals surface area contributed by atoms with E-state index in [4.69, 9.17) is 16.0 Å². The van der Waals surface area contributed by atoms with Gasteiger partial charge in [-0.1, -0.05) is 54.9 Å². The fraction of sp³-hybridized carbons (Fsp3) is 0.154. The Morgan fingerprint density at radius 2 is 1.71 bits per heavy atom. The molecule has 0 saturated carbocycles. The van der Waals surface area contributed by atoms with Crippen LogP contribution in [0.2, 0.25) is 5.02 Å². The Balaban J connectivity index is 1.76. The lowest BCUT2D eigenvalue weighted by atomic mass is 9.86. The van der Waals surface area contributed by atoms with E-state index in [2.05, 4.69) is 19.5 Å². The van der Waals surface area contributed by atoms with E-state index in [0.29, 0.717) is 28.9 Å². The fourth-order valence-corrected chi connectivity index (χ4v) is 5.20. The van der Waals surface area contributed by atoms with Crippen LogP contribution in [0.3, 0.4) is 0 Å². The molecule has 0 aliphatic carbocycles. The molecule has 0 aliphatic rings. The molecule has 1 N–H and O–H groups in total. The van der Waals surface area contributed by atoms with Crippen LogP contribution in [-0.2, 0) is 15.6 Å². The number of hydrogen-bond acceptors (Lipinski definition) is 5. The molecule has 0 radical (unpaired) electrons. The monoisotopic (exact) mass is 506 g/mol. The molecule has 5 rings (SSSR count). The first kappa shape index (κ1) is 23.1. The molecule has 1 atom stereocenters. The first-order chi connectivity index (χ1) is 16.8. The van der Waals surface area contributed by atoms with E-state index in [1.54, 1.807) is 6.07 Å². The van der Waals surface area contributed by atoms with Crippen LogP contribution in [0.5, 0.6) is 0 Å². The Labute approximate surface area is 208 Å². The zero-order chi connectivity index (χ0) is 24.6. The average Bonchev–Trinajstić information content (AvgIpc) is 3.50. The smallest absolute Gasteiger partial charge is 0.247 e. The van der Waals surface area contributed by atoms with Gasteiger partial charge in [0.15, 0.2) is 0 Å². The summed E-state index contributed by atoms with van der Waals surface area (Å²) >= 11 is 6.21. The maximum Gasteiger partial charge on any atom is 0.247 e. The molecule has 178 valence electrons. The van der Waals surface area contributed by atoms with Gasteiger partial charge in [0, 0.05) is 22.2 Å². The number of rotatable bonds is 7. The Kier molecular flexibility index (Phi) is 5.86. The minimum atomic E-state index is -3.45. The maximum atomic E-state index is 12.0. The van der Waals surface area contributed by atoms with Crippen molar-refractivity contribution in [3.05, 3.63) is 102 Å². The third-order valence-electron chi connectivity index (χ3n) is 6.07. The largest absolute Gasteiger partial charge is 0.418 e. The van der Waals surface area contributed by atoms with Gasteiger partial charge in [0.1, 0.15) is 5.54 Å². The van der Waals surface area contributed by atoms with Gasteiger partial charge in [-0.15, -0.1) is 10.2 Å². The standard InChI is InChI=1S/C26H23ClN4O3S/c1-3-26(19-12-14-20(27)15-13-19,25-29-28-24(34-25)18-8-5-4-6-9-18)31-17-16-21-22(30-35(2,32)33)10-7-11-23(21)31/h4-17,30H,3H2,1-2H3/t26-/m1/s1. The maximum absolute atomic E-state index is 12.0. The second kappa shape index (κ2) is 8.87. The van der Waals surface area contributed by atoms with Crippen molar-refractivity contribution in [2.75, 3.05) is 11.0 Å². The number of benzene rings is 3. The van der Waals surface area contributed by atoms with Crippen molar-refractivity contribution in [2.45, 2.75) is 18.9 Å². The number of halogens is 1. The molecule has 0 amide bonds. The molecule has 0 spiro atoms. The molecule has 35 heavy (non-hydrogen) atoms. The van der Waals surface area contributed by atoms with E-state index in [1.807, 2.05) is 85.9 Å². The van der Waals surface area contributed by atoms with Crippen molar-refractivity contribution in [3.8, 4) is 11.5 Å². The van der Waals surface area contributed by atoms with Crippen molar-refractivity contribution >= 4 is 38.2 Å². The lowest BCUT2D eigenvalue weighted by Gasteiger charge is -2.33. The van der Waals surface area contributed by atoms with Gasteiger partial charge in [-0.3, -0.25) is 4.72 Å². The number of fused-ring (bicyclic) bond motifs is 1. The molecule has 0 aliphatic heterocycles. The SMILES string of the molecule is CC[C@@](c1ccc(Cl)cc1)(c1nnc(-c2ccccc2)o1)n1ccc2c(NS(C)(=O)=O)cccc21. The van der Waals surface area contributed by atoms with Crippen LogP contribution >= 0.6 is 11.6 Å². The highest BCUT2D eigenvalue weighted by molar-refractivity contribution is 7.92. The van der Waals surface area contributed by atoms with Crippen LogP contribution < -0.4 is 4.72 Å². The number of nitrogens with zero attached hydrogens (tertiary/aromatic N) is 3. The summed E-state index contributed by atoms with van der Waals surface area (Å²) in [5.41, 5.74) is 2.18. The number of sulfonamides is 1. The molecular weight excluding hydrogens is 484 g/mol. The minimum Gasteiger partial charge on any atom is -0.418 e. The van der Waals surface area contributed by atoms with Crippen molar-refractivity contribution in [3.63, 3.8) is 0 Å². The van der Waals surface area contributed by atoms with Gasteiger partial charge < -0.3 is 8.98 Å². The summed E-state index contributed by atoms with van der Waals surface area (Å²) < 4.78 is 34.9. The Morgan fingerprint density at radius 3 is 2.40 bits per heavy atom. The van der Waals surface area contributed by atoms with Crippen molar-refractivity contribution in [1.29, 1.82) is 0 Å². The van der Waals surface area contributed by atoms with Crippen LogP contribution in [0.4, 0.5) is 5.69 Å². The zero-order valence-corrected chi connectivity index (χ0v) is 20.7. The molecule has 7 nitrogen and oxygen atoms in total. The predicted molar refractivity (Wildman–Crippen MR) is 138 cm³/mol. The molecular formula is C26H23ClN4O3S. The molecule has 9 heteroatoms. The first-order valence-electron chi connectivity index (χ1n) is 11.1. The highest BCUT2D eigenvalue weighted by Crippen LogP contribution is 2.41. The zero-order valence-electron chi connectivity index (χ0n) is 19.1. The summed E-state index contributed by atoms with van der Waals surface area (Å²) in [7, 11) is -3.45. The normalized spacial score (nSPS) is 13.6. The lowest BCUT2D eigenvalue weighted by Crippen LogP contribution is -2.35. The van der Waals surface area contributed by atoms with Crippen LogP contribution in [-0.4, -0.2) is 29.4 Å². The van der Waals surface area contributed by atoms with E-state index >= 15 is 0 Å². The number of hydrogen-bond donors (Lipinski definition) is 1. The van der Waals surface area contributed by atoms with Crippen molar-refractivity contribution in [2.24, 2.45) is 0 Å². The van der Waals surface area contributed by atoms with E-state index in [0.717, 1.165) is 28.3 Å². The molecule has 2 heterocycles. The Bertz CT molecular complexity index is 1590. The van der Waals surface area contributed by atoms with Gasteiger partial charge in [0.05, 0.1) is 17.5 Å². The Hall–Kier alpha value is -3.62. The summed E-state index contributed by atoms with van der Waals surface area (Å²) in [6.45, 7) is 2.05. The third-order valence-corrected chi connectivity index (χ3v) is 6.92. The van der Waals surface area contributed by atoms with Crippen LogP contribution in [0.15, 0.2) is 89.5 Å². The predicted octanol–water partition coefficient (Wildman–Crippen LogP) is 5.92. The lowest BCUT2D eigenvalue weighted by molar-refractivity contribution is 0.325. The quantitative estimate of drug-likeness (QED) is 0.296. The summed E-state index contributed by atoms with van der Waals surface area (Å²) in [5, 5.41) is 10.2. The highest BCUT2D eigenvalue weighted by Gasteiger charge is 2.41. The van der Waals surface area contributed by atoms with E-state index < -0.39 is 15.6 Å². The summed E-state index contributed by atoms with van der Waals surface area (Å²) in [6, 6.07) is 24.5. The number of aromatic nitrogens is 3. The van der Waals surface area contributed by atoms with E-state index in [1.165, 1.54) is 0 Å². The summed E-state index contributed by atoms with van der Waals surface area (Å²) in [6.07, 6.45) is 3.64. The average molecular weight is 507 g/mol. The van der Waals surface area contributed by atoms with Gasteiger partial charge in [0.25, 0.3) is 0 Å². The summed E-state index contributed by atoms with van der Waals surface area (Å²) in [4.78, 5) is 0. The van der Waals surface area contributed by atoms with Gasteiger partial charge in [-0.2, -0.15) is 0 Å². The van der Waals surface area contributed by atoms with Gasteiger partial charge in [0.2, 0.25) is 21.8 Å². The molecule has 2 aromatic heterocycles. The van der Waals surface area contributed by atoms with Crippen LogP contribution in [0.25, 0.3) is 22.4 Å². The molecule has 0 bridgehead atoms. The van der Waals surface area contributed by atoms with Gasteiger partial charge in [-0.05, 0) is 54.4 Å². The van der Waals surface area contributed by atoms with E-state index in [9.17, 15) is 8.42 Å². The fourth-order valence-electron chi connectivity index (χ4n) is 4.49. The molecule has 0 saturated heterocycles. The molecule has 0 unspecified atom stereocenters. The minimum absolute atomic E-state index is 0.417.